The summed E-state index contributed by atoms with van der Waals surface area (Å²) < 4.78 is 0. The van der Waals surface area contributed by atoms with Crippen molar-refractivity contribution in [2.45, 2.75) is 6.92 Å². The first-order valence-corrected chi connectivity index (χ1v) is 6.83. The van der Waals surface area contributed by atoms with Gasteiger partial charge < -0.3 is 11.1 Å². The lowest BCUT2D eigenvalue weighted by atomic mass is 10.2. The Balaban J connectivity index is 1.94. The number of hydrogen-bond donors (Lipinski definition) is 2. The van der Waals surface area contributed by atoms with Gasteiger partial charge in [-0.1, -0.05) is 0 Å². The summed E-state index contributed by atoms with van der Waals surface area (Å²) in [6.45, 7) is 2.04. The molecule has 0 aliphatic rings. The first kappa shape index (κ1) is 12.6. The van der Waals surface area contributed by atoms with Gasteiger partial charge in [0.1, 0.15) is 17.0 Å². The molecule has 5 nitrogen and oxygen atoms in total. The molecule has 0 atom stereocenters. The molecular formula is C14H12N4OS. The standard InChI is InChI=1S/C14H12N4OS/c1-8-6-11-13(16-7-17-14(11)20-8)18-10-4-2-9(3-5-10)12(15)19/h2-7H,1H3,(H2,15,19)(H,16,17,18). The van der Waals surface area contributed by atoms with Crippen molar-refractivity contribution in [2.24, 2.45) is 5.73 Å². The Morgan fingerprint density at radius 1 is 1.25 bits per heavy atom. The molecule has 3 rings (SSSR count). The molecular weight excluding hydrogens is 272 g/mol. The van der Waals surface area contributed by atoms with E-state index in [2.05, 4.69) is 21.4 Å². The van der Waals surface area contributed by atoms with Gasteiger partial charge in [0.25, 0.3) is 0 Å². The van der Waals surface area contributed by atoms with E-state index in [-0.39, 0.29) is 0 Å². The summed E-state index contributed by atoms with van der Waals surface area (Å²) in [5.74, 6) is 0.320. The number of amides is 1. The Morgan fingerprint density at radius 2 is 2.00 bits per heavy atom. The number of hydrogen-bond acceptors (Lipinski definition) is 5. The molecule has 3 N–H and O–H groups in total. The van der Waals surface area contributed by atoms with Crippen LogP contribution >= 0.6 is 11.3 Å². The molecule has 0 radical (unpaired) electrons. The molecule has 0 saturated heterocycles. The molecule has 100 valence electrons. The van der Waals surface area contributed by atoms with E-state index in [1.165, 1.54) is 4.88 Å². The Morgan fingerprint density at radius 3 is 2.70 bits per heavy atom. The minimum atomic E-state index is -0.436. The molecule has 0 bridgehead atoms. The third-order valence-corrected chi connectivity index (χ3v) is 3.84. The highest BCUT2D eigenvalue weighted by molar-refractivity contribution is 7.18. The van der Waals surface area contributed by atoms with E-state index >= 15 is 0 Å². The van der Waals surface area contributed by atoms with E-state index in [1.54, 1.807) is 41.9 Å². The van der Waals surface area contributed by atoms with Crippen molar-refractivity contribution in [3.8, 4) is 0 Å². The highest BCUT2D eigenvalue weighted by atomic mass is 32.1. The number of thiophene rings is 1. The molecule has 2 aromatic heterocycles. The molecule has 0 aliphatic carbocycles. The van der Waals surface area contributed by atoms with Crippen LogP contribution in [0.25, 0.3) is 10.2 Å². The van der Waals surface area contributed by atoms with Gasteiger partial charge in [0, 0.05) is 16.1 Å². The predicted octanol–water partition coefficient (Wildman–Crippen LogP) is 2.84. The molecule has 2 heterocycles. The van der Waals surface area contributed by atoms with Crippen LogP contribution in [-0.2, 0) is 0 Å². The van der Waals surface area contributed by atoms with Gasteiger partial charge in [-0.3, -0.25) is 4.79 Å². The van der Waals surface area contributed by atoms with Gasteiger partial charge >= 0.3 is 0 Å². The van der Waals surface area contributed by atoms with Crippen LogP contribution in [-0.4, -0.2) is 15.9 Å². The Kier molecular flexibility index (Phi) is 3.08. The quantitative estimate of drug-likeness (QED) is 0.775. The van der Waals surface area contributed by atoms with Crippen LogP contribution in [0.4, 0.5) is 11.5 Å². The number of aromatic nitrogens is 2. The second-order valence-electron chi connectivity index (χ2n) is 4.36. The number of fused-ring (bicyclic) bond motifs is 1. The molecule has 0 aliphatic heterocycles. The molecule has 0 saturated carbocycles. The average molecular weight is 284 g/mol. The minimum Gasteiger partial charge on any atom is -0.366 e. The van der Waals surface area contributed by atoms with Crippen LogP contribution in [0.15, 0.2) is 36.7 Å². The van der Waals surface area contributed by atoms with Crippen molar-refractivity contribution < 1.29 is 4.79 Å². The number of rotatable bonds is 3. The summed E-state index contributed by atoms with van der Waals surface area (Å²) in [4.78, 5) is 21.7. The zero-order chi connectivity index (χ0) is 14.1. The van der Waals surface area contributed by atoms with E-state index in [0.717, 1.165) is 21.7 Å². The number of aryl methyl sites for hydroxylation is 1. The maximum absolute atomic E-state index is 11.0. The number of carbonyl (C=O) groups excluding carboxylic acids is 1. The van der Waals surface area contributed by atoms with Crippen molar-refractivity contribution in [3.05, 3.63) is 47.1 Å². The highest BCUT2D eigenvalue weighted by Gasteiger charge is 2.07. The second kappa shape index (κ2) is 4.90. The topological polar surface area (TPSA) is 80.9 Å². The van der Waals surface area contributed by atoms with Crippen LogP contribution in [0.1, 0.15) is 15.2 Å². The number of carbonyl (C=O) groups is 1. The predicted molar refractivity (Wildman–Crippen MR) is 80.4 cm³/mol. The fourth-order valence-corrected chi connectivity index (χ4v) is 2.78. The number of anilines is 2. The Bertz CT molecular complexity index is 779. The summed E-state index contributed by atoms with van der Waals surface area (Å²) in [5.41, 5.74) is 6.54. The fraction of sp³-hybridized carbons (Fsp3) is 0.0714. The first-order valence-electron chi connectivity index (χ1n) is 6.01. The van der Waals surface area contributed by atoms with Gasteiger partial charge in [0.2, 0.25) is 5.91 Å². The zero-order valence-corrected chi connectivity index (χ0v) is 11.6. The number of primary amides is 1. The normalized spacial score (nSPS) is 10.7. The number of nitrogens with one attached hydrogen (secondary N) is 1. The van der Waals surface area contributed by atoms with Crippen molar-refractivity contribution >= 4 is 39.0 Å². The fourth-order valence-electron chi connectivity index (χ4n) is 1.93. The molecule has 3 aromatic rings. The van der Waals surface area contributed by atoms with Crippen molar-refractivity contribution in [3.63, 3.8) is 0 Å². The molecule has 0 unspecified atom stereocenters. The monoisotopic (exact) mass is 284 g/mol. The third-order valence-electron chi connectivity index (χ3n) is 2.88. The van der Waals surface area contributed by atoms with E-state index in [0.29, 0.717) is 5.56 Å². The van der Waals surface area contributed by atoms with Crippen LogP contribution in [0.2, 0.25) is 0 Å². The first-order chi connectivity index (χ1) is 9.63. The molecule has 1 amide bonds. The van der Waals surface area contributed by atoms with Gasteiger partial charge in [-0.25, -0.2) is 9.97 Å². The Hall–Kier alpha value is -2.47. The third kappa shape index (κ3) is 2.33. The van der Waals surface area contributed by atoms with Gasteiger partial charge in [-0.2, -0.15) is 0 Å². The van der Waals surface area contributed by atoms with Gasteiger partial charge in [0.05, 0.1) is 5.39 Å². The number of nitrogens with zero attached hydrogens (tertiary/aromatic N) is 2. The molecule has 1 aromatic carbocycles. The summed E-state index contributed by atoms with van der Waals surface area (Å²) in [6.07, 6.45) is 1.54. The average Bonchev–Trinajstić information content (AvgIpc) is 2.81. The second-order valence-corrected chi connectivity index (χ2v) is 5.60. The number of benzene rings is 1. The Labute approximate surface area is 119 Å². The minimum absolute atomic E-state index is 0.436. The lowest BCUT2D eigenvalue weighted by Crippen LogP contribution is -2.10. The number of nitrogens with two attached hydrogens (primary N) is 1. The summed E-state index contributed by atoms with van der Waals surface area (Å²) in [6, 6.07) is 9.02. The summed E-state index contributed by atoms with van der Waals surface area (Å²) >= 11 is 1.63. The van der Waals surface area contributed by atoms with Crippen LogP contribution < -0.4 is 11.1 Å². The molecule has 6 heteroatoms. The smallest absolute Gasteiger partial charge is 0.248 e. The lowest BCUT2D eigenvalue weighted by molar-refractivity contribution is 0.100. The van der Waals surface area contributed by atoms with Crippen LogP contribution in [0.3, 0.4) is 0 Å². The van der Waals surface area contributed by atoms with Crippen molar-refractivity contribution in [2.75, 3.05) is 5.32 Å². The van der Waals surface area contributed by atoms with Crippen LogP contribution in [0, 0.1) is 6.92 Å². The van der Waals surface area contributed by atoms with Gasteiger partial charge in [-0.05, 0) is 37.3 Å². The molecule has 20 heavy (non-hydrogen) atoms. The SMILES string of the molecule is Cc1cc2c(Nc3ccc(C(N)=O)cc3)ncnc2s1. The van der Waals surface area contributed by atoms with Crippen molar-refractivity contribution in [1.29, 1.82) is 0 Å². The van der Waals surface area contributed by atoms with E-state index in [9.17, 15) is 4.79 Å². The van der Waals surface area contributed by atoms with Gasteiger partial charge in [0.15, 0.2) is 0 Å². The van der Waals surface area contributed by atoms with Gasteiger partial charge in [-0.15, -0.1) is 11.3 Å². The van der Waals surface area contributed by atoms with Crippen LogP contribution in [0.5, 0.6) is 0 Å². The van der Waals surface area contributed by atoms with E-state index < -0.39 is 5.91 Å². The van der Waals surface area contributed by atoms with Crippen molar-refractivity contribution in [1.82, 2.24) is 9.97 Å². The highest BCUT2D eigenvalue weighted by Crippen LogP contribution is 2.29. The maximum atomic E-state index is 11.0. The summed E-state index contributed by atoms with van der Waals surface area (Å²) in [7, 11) is 0. The molecule has 0 fully saturated rings. The summed E-state index contributed by atoms with van der Waals surface area (Å²) in [5, 5.41) is 4.22. The zero-order valence-electron chi connectivity index (χ0n) is 10.8. The molecule has 0 spiro atoms. The lowest BCUT2D eigenvalue weighted by Gasteiger charge is -2.06. The maximum Gasteiger partial charge on any atom is 0.248 e. The van der Waals surface area contributed by atoms with E-state index in [4.69, 9.17) is 5.73 Å². The largest absolute Gasteiger partial charge is 0.366 e. The van der Waals surface area contributed by atoms with E-state index in [1.807, 2.05) is 6.92 Å².